The molecule has 1 heterocycles. The Kier molecular flexibility index (Phi) is 4.90. The normalized spacial score (nSPS) is 10.1. The van der Waals surface area contributed by atoms with E-state index in [4.69, 9.17) is 4.74 Å². The SMILES string of the molecule is COc1ccccc1NC(=O)CCC(=O)c1cccs1. The van der Waals surface area contributed by atoms with Gasteiger partial charge in [0.2, 0.25) is 5.91 Å². The minimum absolute atomic E-state index is 0.00447. The third-order valence-electron chi connectivity index (χ3n) is 2.76. The Balaban J connectivity index is 1.88. The number of hydrogen-bond donors (Lipinski definition) is 1. The molecule has 0 bridgehead atoms. The van der Waals surface area contributed by atoms with Crippen molar-refractivity contribution in [1.29, 1.82) is 0 Å². The first kappa shape index (κ1) is 14.3. The molecule has 0 aliphatic rings. The summed E-state index contributed by atoms with van der Waals surface area (Å²) < 4.78 is 5.15. The summed E-state index contributed by atoms with van der Waals surface area (Å²) in [6, 6.07) is 10.8. The van der Waals surface area contributed by atoms with Crippen LogP contribution < -0.4 is 10.1 Å². The molecule has 0 aliphatic carbocycles. The van der Waals surface area contributed by atoms with Gasteiger partial charge in [-0.15, -0.1) is 11.3 Å². The van der Waals surface area contributed by atoms with Crippen LogP contribution in [0.3, 0.4) is 0 Å². The van der Waals surface area contributed by atoms with E-state index in [2.05, 4.69) is 5.32 Å². The number of carbonyl (C=O) groups excluding carboxylic acids is 2. The van der Waals surface area contributed by atoms with Crippen molar-refractivity contribution < 1.29 is 14.3 Å². The number of ether oxygens (including phenoxy) is 1. The molecule has 2 rings (SSSR count). The fourth-order valence-electron chi connectivity index (χ4n) is 1.75. The molecule has 0 radical (unpaired) electrons. The summed E-state index contributed by atoms with van der Waals surface area (Å²) in [5.74, 6) is 0.403. The van der Waals surface area contributed by atoms with Crippen molar-refractivity contribution >= 4 is 28.7 Å². The van der Waals surface area contributed by atoms with E-state index in [1.165, 1.54) is 11.3 Å². The van der Waals surface area contributed by atoms with Crippen LogP contribution in [0.1, 0.15) is 22.5 Å². The largest absolute Gasteiger partial charge is 0.495 e. The van der Waals surface area contributed by atoms with Crippen LogP contribution in [-0.2, 0) is 4.79 Å². The second-order valence-corrected chi connectivity index (χ2v) is 5.10. The molecule has 1 aromatic carbocycles. The summed E-state index contributed by atoms with van der Waals surface area (Å²) in [7, 11) is 1.55. The van der Waals surface area contributed by atoms with Crippen LogP contribution in [-0.4, -0.2) is 18.8 Å². The zero-order valence-electron chi connectivity index (χ0n) is 11.1. The number of methoxy groups -OCH3 is 1. The Morgan fingerprint density at radius 2 is 1.95 bits per heavy atom. The van der Waals surface area contributed by atoms with Gasteiger partial charge in [0.05, 0.1) is 17.7 Å². The molecule has 1 amide bonds. The summed E-state index contributed by atoms with van der Waals surface area (Å²) in [5, 5.41) is 4.60. The van der Waals surface area contributed by atoms with Crippen LogP contribution >= 0.6 is 11.3 Å². The van der Waals surface area contributed by atoms with Crippen LogP contribution in [0, 0.1) is 0 Å². The van der Waals surface area contributed by atoms with E-state index >= 15 is 0 Å². The van der Waals surface area contributed by atoms with Gasteiger partial charge in [-0.05, 0) is 23.6 Å². The molecule has 5 heteroatoms. The molecule has 0 unspecified atom stereocenters. The molecule has 20 heavy (non-hydrogen) atoms. The lowest BCUT2D eigenvalue weighted by Gasteiger charge is -2.09. The third-order valence-corrected chi connectivity index (χ3v) is 3.67. The van der Waals surface area contributed by atoms with Crippen molar-refractivity contribution in [2.45, 2.75) is 12.8 Å². The van der Waals surface area contributed by atoms with Crippen LogP contribution in [0.4, 0.5) is 5.69 Å². The number of hydrogen-bond acceptors (Lipinski definition) is 4. The zero-order chi connectivity index (χ0) is 14.4. The first-order valence-electron chi connectivity index (χ1n) is 6.20. The lowest BCUT2D eigenvalue weighted by Crippen LogP contribution is -2.13. The standard InChI is InChI=1S/C15H15NO3S/c1-19-13-6-3-2-5-11(13)16-15(18)9-8-12(17)14-7-4-10-20-14/h2-7,10H,8-9H2,1H3,(H,16,18). The lowest BCUT2D eigenvalue weighted by atomic mass is 10.2. The van der Waals surface area contributed by atoms with Gasteiger partial charge in [-0.2, -0.15) is 0 Å². The highest BCUT2D eigenvalue weighted by Crippen LogP contribution is 2.23. The summed E-state index contributed by atoms with van der Waals surface area (Å²) >= 11 is 1.39. The van der Waals surface area contributed by atoms with E-state index in [9.17, 15) is 9.59 Å². The van der Waals surface area contributed by atoms with Crippen LogP contribution in [0.15, 0.2) is 41.8 Å². The molecule has 1 aromatic heterocycles. The molecule has 0 aliphatic heterocycles. The predicted octanol–water partition coefficient (Wildman–Crippen LogP) is 3.36. The Hall–Kier alpha value is -2.14. The molecule has 1 N–H and O–H groups in total. The molecule has 0 saturated carbocycles. The van der Waals surface area contributed by atoms with Gasteiger partial charge in [0.1, 0.15) is 5.75 Å². The van der Waals surface area contributed by atoms with Gasteiger partial charge in [-0.3, -0.25) is 9.59 Å². The van der Waals surface area contributed by atoms with E-state index in [-0.39, 0.29) is 24.5 Å². The number of Topliss-reactive ketones (excluding diaryl/α,β-unsaturated/α-hetero) is 1. The molecule has 2 aromatic rings. The van der Waals surface area contributed by atoms with Gasteiger partial charge in [-0.25, -0.2) is 0 Å². The van der Waals surface area contributed by atoms with E-state index in [0.717, 1.165) is 0 Å². The molecular weight excluding hydrogens is 274 g/mol. The number of amides is 1. The maximum absolute atomic E-state index is 11.8. The van der Waals surface area contributed by atoms with Gasteiger partial charge >= 0.3 is 0 Å². The first-order chi connectivity index (χ1) is 9.70. The number of para-hydroxylation sites is 2. The van der Waals surface area contributed by atoms with Crippen molar-refractivity contribution in [3.05, 3.63) is 46.7 Å². The summed E-state index contributed by atoms with van der Waals surface area (Å²) in [4.78, 5) is 24.3. The smallest absolute Gasteiger partial charge is 0.224 e. The maximum atomic E-state index is 11.8. The molecule has 0 saturated heterocycles. The summed E-state index contributed by atoms with van der Waals surface area (Å²) in [6.07, 6.45) is 0.371. The van der Waals surface area contributed by atoms with Gasteiger partial charge in [0.25, 0.3) is 0 Å². The second-order valence-electron chi connectivity index (χ2n) is 4.15. The molecule has 0 fully saturated rings. The highest BCUT2D eigenvalue weighted by molar-refractivity contribution is 7.12. The zero-order valence-corrected chi connectivity index (χ0v) is 11.9. The number of nitrogens with one attached hydrogen (secondary N) is 1. The highest BCUT2D eigenvalue weighted by Gasteiger charge is 2.11. The Bertz CT molecular complexity index is 593. The Morgan fingerprint density at radius 1 is 1.15 bits per heavy atom. The number of carbonyl (C=O) groups is 2. The molecule has 0 atom stereocenters. The summed E-state index contributed by atoms with van der Waals surface area (Å²) in [5.41, 5.74) is 0.614. The predicted molar refractivity (Wildman–Crippen MR) is 79.5 cm³/mol. The van der Waals surface area contributed by atoms with Crippen molar-refractivity contribution in [2.75, 3.05) is 12.4 Å². The monoisotopic (exact) mass is 289 g/mol. The topological polar surface area (TPSA) is 55.4 Å². The molecule has 104 valence electrons. The Labute approximate surface area is 121 Å². The van der Waals surface area contributed by atoms with Crippen molar-refractivity contribution in [1.82, 2.24) is 0 Å². The average molecular weight is 289 g/mol. The van der Waals surface area contributed by atoms with Gasteiger partial charge < -0.3 is 10.1 Å². The number of anilines is 1. The van der Waals surface area contributed by atoms with Crippen LogP contribution in [0.5, 0.6) is 5.75 Å². The van der Waals surface area contributed by atoms with Crippen molar-refractivity contribution in [3.8, 4) is 5.75 Å². The number of ketones is 1. The number of benzene rings is 1. The minimum Gasteiger partial charge on any atom is -0.495 e. The van der Waals surface area contributed by atoms with Crippen molar-refractivity contribution in [2.24, 2.45) is 0 Å². The van der Waals surface area contributed by atoms with Crippen LogP contribution in [0.2, 0.25) is 0 Å². The van der Waals surface area contributed by atoms with E-state index in [0.29, 0.717) is 16.3 Å². The number of thiophene rings is 1. The minimum atomic E-state index is -0.195. The van der Waals surface area contributed by atoms with E-state index in [1.54, 1.807) is 25.3 Å². The van der Waals surface area contributed by atoms with Gasteiger partial charge in [0.15, 0.2) is 5.78 Å². The second kappa shape index (κ2) is 6.86. The molecular formula is C15H15NO3S. The Morgan fingerprint density at radius 3 is 2.65 bits per heavy atom. The van der Waals surface area contributed by atoms with Gasteiger partial charge in [0, 0.05) is 12.8 Å². The quantitative estimate of drug-likeness (QED) is 0.830. The number of rotatable bonds is 6. The molecule has 4 nitrogen and oxygen atoms in total. The fourth-order valence-corrected chi connectivity index (χ4v) is 2.44. The van der Waals surface area contributed by atoms with Gasteiger partial charge in [-0.1, -0.05) is 18.2 Å². The third kappa shape index (κ3) is 3.68. The van der Waals surface area contributed by atoms with Crippen LogP contribution in [0.25, 0.3) is 0 Å². The van der Waals surface area contributed by atoms with Crippen molar-refractivity contribution in [3.63, 3.8) is 0 Å². The maximum Gasteiger partial charge on any atom is 0.224 e. The first-order valence-corrected chi connectivity index (χ1v) is 7.08. The molecule has 0 spiro atoms. The fraction of sp³-hybridized carbons (Fsp3) is 0.200. The lowest BCUT2D eigenvalue weighted by molar-refractivity contribution is -0.116. The average Bonchev–Trinajstić information content (AvgIpc) is 2.99. The van der Waals surface area contributed by atoms with E-state index < -0.39 is 0 Å². The van der Waals surface area contributed by atoms with E-state index in [1.807, 2.05) is 23.6 Å². The summed E-state index contributed by atoms with van der Waals surface area (Å²) in [6.45, 7) is 0. The highest BCUT2D eigenvalue weighted by atomic mass is 32.1.